The molecule has 1 heterocycles. The predicted molar refractivity (Wildman–Crippen MR) is 34.6 cm³/mol. The molecule has 0 spiro atoms. The van der Waals surface area contributed by atoms with Gasteiger partial charge in [-0.15, -0.1) is 0 Å². The Morgan fingerprint density at radius 3 is 2.55 bits per heavy atom. The average Bonchev–Trinajstić information content (AvgIpc) is 2.00. The first kappa shape index (κ1) is 8.89. The lowest BCUT2D eigenvalue weighted by atomic mass is 10.00. The quantitative estimate of drug-likeness (QED) is 0.353. The van der Waals surface area contributed by atoms with Gasteiger partial charge in [0.15, 0.2) is 0 Å². The second kappa shape index (κ2) is 3.04. The van der Waals surface area contributed by atoms with E-state index in [2.05, 4.69) is 0 Å². The van der Waals surface area contributed by atoms with Crippen LogP contribution in [0.25, 0.3) is 0 Å². The molecule has 0 aromatic heterocycles. The Hall–Kier alpha value is -0.200. The van der Waals surface area contributed by atoms with Crippen molar-refractivity contribution < 1.29 is 25.2 Å². The highest BCUT2D eigenvalue weighted by atomic mass is 16.7. The summed E-state index contributed by atoms with van der Waals surface area (Å²) in [7, 11) is 0. The molecule has 0 bridgehead atoms. The maximum Gasteiger partial charge on any atom is 0.218 e. The van der Waals surface area contributed by atoms with Crippen LogP contribution in [-0.2, 0) is 4.74 Å². The van der Waals surface area contributed by atoms with E-state index >= 15 is 0 Å². The Morgan fingerprint density at radius 2 is 2.09 bits per heavy atom. The van der Waals surface area contributed by atoms with E-state index in [0.29, 0.717) is 0 Å². The minimum absolute atomic E-state index is 0.134. The van der Waals surface area contributed by atoms with Crippen LogP contribution in [0, 0.1) is 0 Å². The van der Waals surface area contributed by atoms with Gasteiger partial charge in [-0.05, 0) is 6.42 Å². The first-order valence-electron chi connectivity index (χ1n) is 3.43. The molecule has 0 aliphatic carbocycles. The van der Waals surface area contributed by atoms with Crippen molar-refractivity contribution in [1.82, 2.24) is 0 Å². The van der Waals surface area contributed by atoms with Crippen LogP contribution in [0.15, 0.2) is 0 Å². The Bertz CT molecular complexity index is 139. The largest absolute Gasteiger partial charge is 0.391 e. The molecule has 1 rings (SSSR count). The Labute approximate surface area is 63.8 Å². The SMILES string of the molecule is OCC1(O)OCC[C@@H](O)[C@H]1O. The lowest BCUT2D eigenvalue weighted by Gasteiger charge is -2.37. The molecular weight excluding hydrogens is 152 g/mol. The third-order valence-corrected chi connectivity index (χ3v) is 1.82. The molecule has 0 radical (unpaired) electrons. The maximum atomic E-state index is 9.24. The number of hydrogen-bond donors (Lipinski definition) is 4. The van der Waals surface area contributed by atoms with Gasteiger partial charge < -0.3 is 25.2 Å². The lowest BCUT2D eigenvalue weighted by Crippen LogP contribution is -2.57. The van der Waals surface area contributed by atoms with Crippen LogP contribution in [0.3, 0.4) is 0 Å². The van der Waals surface area contributed by atoms with Crippen LogP contribution >= 0.6 is 0 Å². The van der Waals surface area contributed by atoms with Crippen molar-refractivity contribution in [3.8, 4) is 0 Å². The van der Waals surface area contributed by atoms with Gasteiger partial charge >= 0.3 is 0 Å². The molecule has 0 amide bonds. The molecule has 1 fully saturated rings. The van der Waals surface area contributed by atoms with E-state index in [0.717, 1.165) is 0 Å². The van der Waals surface area contributed by atoms with Crippen molar-refractivity contribution in [3.05, 3.63) is 0 Å². The van der Waals surface area contributed by atoms with E-state index in [1.54, 1.807) is 0 Å². The molecule has 4 N–H and O–H groups in total. The van der Waals surface area contributed by atoms with Crippen LogP contribution < -0.4 is 0 Å². The van der Waals surface area contributed by atoms with E-state index in [4.69, 9.17) is 20.1 Å². The predicted octanol–water partition coefficient (Wildman–Crippen LogP) is -2.19. The van der Waals surface area contributed by atoms with Crippen molar-refractivity contribution in [1.29, 1.82) is 0 Å². The topological polar surface area (TPSA) is 90.2 Å². The van der Waals surface area contributed by atoms with Crippen LogP contribution in [0.1, 0.15) is 6.42 Å². The summed E-state index contributed by atoms with van der Waals surface area (Å²) in [5, 5.41) is 36.0. The molecule has 0 saturated carbocycles. The number of rotatable bonds is 1. The zero-order valence-corrected chi connectivity index (χ0v) is 5.97. The van der Waals surface area contributed by atoms with Gasteiger partial charge in [-0.3, -0.25) is 0 Å². The van der Waals surface area contributed by atoms with Gasteiger partial charge in [-0.2, -0.15) is 0 Å². The van der Waals surface area contributed by atoms with Crippen molar-refractivity contribution in [2.24, 2.45) is 0 Å². The zero-order valence-electron chi connectivity index (χ0n) is 5.97. The Morgan fingerprint density at radius 1 is 1.45 bits per heavy atom. The molecule has 1 unspecified atom stereocenters. The molecule has 5 nitrogen and oxygen atoms in total. The molecule has 1 saturated heterocycles. The summed E-state index contributed by atoms with van der Waals surface area (Å²) >= 11 is 0. The first-order valence-corrected chi connectivity index (χ1v) is 3.43. The molecule has 3 atom stereocenters. The highest BCUT2D eigenvalue weighted by Crippen LogP contribution is 2.22. The fourth-order valence-corrected chi connectivity index (χ4v) is 1.04. The number of hydrogen-bond acceptors (Lipinski definition) is 5. The number of aliphatic hydroxyl groups excluding tert-OH is 3. The Balaban J connectivity index is 2.64. The van der Waals surface area contributed by atoms with Gasteiger partial charge in [0, 0.05) is 0 Å². The molecule has 0 aromatic carbocycles. The summed E-state index contributed by atoms with van der Waals surface area (Å²) in [5.41, 5.74) is 0. The molecule has 66 valence electrons. The average molecular weight is 164 g/mol. The second-order valence-electron chi connectivity index (χ2n) is 2.65. The van der Waals surface area contributed by atoms with E-state index in [1.807, 2.05) is 0 Å². The fraction of sp³-hybridized carbons (Fsp3) is 1.00. The zero-order chi connectivity index (χ0) is 8.48. The van der Waals surface area contributed by atoms with Crippen LogP contribution in [0.2, 0.25) is 0 Å². The van der Waals surface area contributed by atoms with E-state index in [1.165, 1.54) is 0 Å². The number of aliphatic hydroxyl groups is 4. The molecule has 5 heteroatoms. The van der Waals surface area contributed by atoms with E-state index in [-0.39, 0.29) is 13.0 Å². The van der Waals surface area contributed by atoms with Gasteiger partial charge in [0.2, 0.25) is 5.79 Å². The van der Waals surface area contributed by atoms with Crippen molar-refractivity contribution in [2.45, 2.75) is 24.4 Å². The molecule has 0 aromatic rings. The van der Waals surface area contributed by atoms with Crippen LogP contribution in [0.5, 0.6) is 0 Å². The highest BCUT2D eigenvalue weighted by Gasteiger charge is 2.43. The third-order valence-electron chi connectivity index (χ3n) is 1.82. The maximum absolute atomic E-state index is 9.24. The molecule has 1 aliphatic rings. The van der Waals surface area contributed by atoms with Gasteiger partial charge in [0.05, 0.1) is 19.3 Å². The van der Waals surface area contributed by atoms with Crippen LogP contribution in [-0.4, -0.2) is 51.6 Å². The summed E-state index contributed by atoms with van der Waals surface area (Å²) in [6.45, 7) is -0.583. The summed E-state index contributed by atoms with van der Waals surface area (Å²) in [5.74, 6) is -1.99. The summed E-state index contributed by atoms with van der Waals surface area (Å²) < 4.78 is 4.69. The Kier molecular flexibility index (Phi) is 2.46. The van der Waals surface area contributed by atoms with Crippen LogP contribution in [0.4, 0.5) is 0 Å². The molecule has 1 aliphatic heterocycles. The van der Waals surface area contributed by atoms with Gasteiger partial charge in [0.25, 0.3) is 0 Å². The highest BCUT2D eigenvalue weighted by molar-refractivity contribution is 4.86. The first-order chi connectivity index (χ1) is 5.10. The minimum Gasteiger partial charge on any atom is -0.391 e. The molecular formula is C6H12O5. The van der Waals surface area contributed by atoms with Gasteiger partial charge in [-0.25, -0.2) is 0 Å². The monoisotopic (exact) mass is 164 g/mol. The third kappa shape index (κ3) is 1.52. The molecule has 11 heavy (non-hydrogen) atoms. The summed E-state index contributed by atoms with van der Waals surface area (Å²) in [6, 6.07) is 0. The summed E-state index contributed by atoms with van der Waals surface area (Å²) in [6.07, 6.45) is -2.19. The van der Waals surface area contributed by atoms with Gasteiger partial charge in [0.1, 0.15) is 6.10 Å². The minimum atomic E-state index is -1.99. The second-order valence-corrected chi connectivity index (χ2v) is 2.65. The normalized spacial score (nSPS) is 45.8. The lowest BCUT2D eigenvalue weighted by molar-refractivity contribution is -0.311. The smallest absolute Gasteiger partial charge is 0.218 e. The number of ether oxygens (including phenoxy) is 1. The summed E-state index contributed by atoms with van der Waals surface area (Å²) in [4.78, 5) is 0. The van der Waals surface area contributed by atoms with Gasteiger partial charge in [-0.1, -0.05) is 0 Å². The van der Waals surface area contributed by atoms with Crippen molar-refractivity contribution in [3.63, 3.8) is 0 Å². The van der Waals surface area contributed by atoms with Crippen molar-refractivity contribution in [2.75, 3.05) is 13.2 Å². The fourth-order valence-electron chi connectivity index (χ4n) is 1.04. The standard InChI is InChI=1S/C6H12O5/c7-3-6(10)5(9)4(8)1-2-11-6/h4-5,7-10H,1-3H2/t4-,5-,6?/m1/s1. The van der Waals surface area contributed by atoms with Crippen molar-refractivity contribution >= 4 is 0 Å². The van der Waals surface area contributed by atoms with E-state index in [9.17, 15) is 5.11 Å². The van der Waals surface area contributed by atoms with E-state index < -0.39 is 24.6 Å².